The highest BCUT2D eigenvalue weighted by Crippen LogP contribution is 2.37. The summed E-state index contributed by atoms with van der Waals surface area (Å²) in [7, 11) is 0.0272. The summed E-state index contributed by atoms with van der Waals surface area (Å²) in [5.74, 6) is -1.23. The first-order chi connectivity index (χ1) is 15.9. The van der Waals surface area contributed by atoms with E-state index in [0.29, 0.717) is 34.4 Å². The van der Waals surface area contributed by atoms with Gasteiger partial charge < -0.3 is 14.8 Å². The van der Waals surface area contributed by atoms with E-state index >= 15 is 4.39 Å². The maximum Gasteiger partial charge on any atom is 0.231 e. The van der Waals surface area contributed by atoms with Crippen LogP contribution in [0.2, 0.25) is 0 Å². The number of imidazole rings is 1. The molecule has 1 unspecified atom stereocenters. The zero-order valence-electron chi connectivity index (χ0n) is 19.6. The number of pyridine rings is 1. The van der Waals surface area contributed by atoms with Crippen molar-refractivity contribution >= 4 is 44.1 Å². The third kappa shape index (κ3) is 4.36. The standard InChI is InChI=1S/C23H27F2N5O3S/c1-6-13-7-14(12(2)34(5,32)33)8-17(25)21(13)30(4)19-10-18-20(26-11-29(18)3)22(27-19)28-23(31)15-9-16(15)24/h7-8,10-12,15-16H,6,9H2,1-5H3,(H,27,28,31)/t12?,15-,16+/m0/s1. The van der Waals surface area contributed by atoms with Crippen LogP contribution in [0.25, 0.3) is 11.0 Å². The molecule has 3 atom stereocenters. The molecule has 0 saturated heterocycles. The lowest BCUT2D eigenvalue weighted by atomic mass is 10.0. The van der Waals surface area contributed by atoms with Gasteiger partial charge in [-0.15, -0.1) is 0 Å². The van der Waals surface area contributed by atoms with Gasteiger partial charge in [0.1, 0.15) is 23.3 Å². The number of carbonyl (C=O) groups is 1. The molecule has 1 aromatic carbocycles. The van der Waals surface area contributed by atoms with Crippen LogP contribution < -0.4 is 10.2 Å². The second kappa shape index (κ2) is 8.61. The molecule has 1 aliphatic rings. The first kappa shape index (κ1) is 24.1. The molecule has 0 bridgehead atoms. The van der Waals surface area contributed by atoms with Crippen molar-refractivity contribution in [2.75, 3.05) is 23.5 Å². The van der Waals surface area contributed by atoms with E-state index in [1.807, 2.05) is 6.92 Å². The lowest BCUT2D eigenvalue weighted by Gasteiger charge is -2.24. The third-order valence-electron chi connectivity index (χ3n) is 6.33. The Balaban J connectivity index is 1.79. The van der Waals surface area contributed by atoms with E-state index in [1.54, 1.807) is 42.0 Å². The molecule has 34 heavy (non-hydrogen) atoms. The second-order valence-corrected chi connectivity index (χ2v) is 11.2. The molecule has 182 valence electrons. The topological polar surface area (TPSA) is 97.2 Å². The van der Waals surface area contributed by atoms with Gasteiger partial charge in [-0.05, 0) is 37.0 Å². The number of anilines is 3. The number of nitrogens with one attached hydrogen (secondary N) is 1. The zero-order chi connectivity index (χ0) is 24.9. The normalized spacial score (nSPS) is 18.7. The quantitative estimate of drug-likeness (QED) is 0.539. The number of carbonyl (C=O) groups excluding carboxylic acids is 1. The predicted octanol–water partition coefficient (Wildman–Crippen LogP) is 3.84. The molecule has 0 spiro atoms. The molecule has 1 saturated carbocycles. The van der Waals surface area contributed by atoms with Crippen molar-refractivity contribution in [2.45, 2.75) is 38.1 Å². The van der Waals surface area contributed by atoms with Crippen LogP contribution >= 0.6 is 0 Å². The first-order valence-electron chi connectivity index (χ1n) is 10.9. The highest BCUT2D eigenvalue weighted by atomic mass is 32.2. The van der Waals surface area contributed by atoms with Crippen LogP contribution in [0.3, 0.4) is 0 Å². The fourth-order valence-electron chi connectivity index (χ4n) is 3.94. The van der Waals surface area contributed by atoms with Gasteiger partial charge in [-0.1, -0.05) is 13.0 Å². The number of benzene rings is 1. The molecule has 1 N–H and O–H groups in total. The number of aryl methyl sites for hydroxylation is 2. The van der Waals surface area contributed by atoms with Crippen molar-refractivity contribution in [3.8, 4) is 0 Å². The van der Waals surface area contributed by atoms with Crippen LogP contribution in [0.5, 0.6) is 0 Å². The average Bonchev–Trinajstić information content (AvgIpc) is 3.40. The molecule has 3 aromatic rings. The SMILES string of the molecule is CCc1cc(C(C)S(C)(=O)=O)cc(F)c1N(C)c1cc2c(ncn2C)c(NC(=O)[C@H]2C[C@H]2F)n1. The van der Waals surface area contributed by atoms with Crippen LogP contribution in [-0.4, -0.2) is 48.3 Å². The van der Waals surface area contributed by atoms with Crippen LogP contribution in [0.1, 0.15) is 36.6 Å². The molecule has 8 nitrogen and oxygen atoms in total. The number of alkyl halides is 1. The van der Waals surface area contributed by atoms with Gasteiger partial charge in [0, 0.05) is 26.4 Å². The van der Waals surface area contributed by atoms with Gasteiger partial charge in [0.15, 0.2) is 15.7 Å². The number of nitrogens with zero attached hydrogens (tertiary/aromatic N) is 4. The molecule has 2 heterocycles. The fourth-order valence-corrected chi connectivity index (χ4v) is 4.57. The lowest BCUT2D eigenvalue weighted by Crippen LogP contribution is -2.20. The fraction of sp³-hybridized carbons (Fsp3) is 0.435. The molecule has 1 fully saturated rings. The Morgan fingerprint density at radius 1 is 1.35 bits per heavy atom. The number of amides is 1. The Kier molecular flexibility index (Phi) is 6.09. The summed E-state index contributed by atoms with van der Waals surface area (Å²) in [6.45, 7) is 3.38. The molecule has 4 rings (SSSR count). The van der Waals surface area contributed by atoms with Gasteiger partial charge in [-0.2, -0.15) is 0 Å². The van der Waals surface area contributed by atoms with E-state index in [4.69, 9.17) is 0 Å². The van der Waals surface area contributed by atoms with Crippen LogP contribution in [0.15, 0.2) is 24.5 Å². The highest BCUT2D eigenvalue weighted by Gasteiger charge is 2.44. The smallest absolute Gasteiger partial charge is 0.231 e. The number of halogens is 2. The number of aromatic nitrogens is 3. The van der Waals surface area contributed by atoms with Gasteiger partial charge in [-0.25, -0.2) is 27.2 Å². The number of fused-ring (bicyclic) bond motifs is 1. The largest absolute Gasteiger partial charge is 0.334 e. The maximum atomic E-state index is 15.4. The molecule has 11 heteroatoms. The molecule has 0 radical (unpaired) electrons. The van der Waals surface area contributed by atoms with Crippen molar-refractivity contribution in [2.24, 2.45) is 13.0 Å². The Morgan fingerprint density at radius 2 is 2.03 bits per heavy atom. The minimum atomic E-state index is -3.40. The molecule has 0 aliphatic heterocycles. The summed E-state index contributed by atoms with van der Waals surface area (Å²) < 4.78 is 54.5. The van der Waals surface area contributed by atoms with Gasteiger partial charge >= 0.3 is 0 Å². The van der Waals surface area contributed by atoms with Crippen molar-refractivity contribution in [1.29, 1.82) is 0 Å². The maximum absolute atomic E-state index is 15.4. The minimum Gasteiger partial charge on any atom is -0.334 e. The summed E-state index contributed by atoms with van der Waals surface area (Å²) in [6, 6.07) is 4.65. The number of rotatable bonds is 7. The van der Waals surface area contributed by atoms with Gasteiger partial charge in [-0.3, -0.25) is 4.79 Å². The molecule has 1 aliphatic carbocycles. The summed E-state index contributed by atoms with van der Waals surface area (Å²) in [5.41, 5.74) is 2.34. The van der Waals surface area contributed by atoms with E-state index in [9.17, 15) is 17.6 Å². The summed E-state index contributed by atoms with van der Waals surface area (Å²) in [4.78, 5) is 22.7. The summed E-state index contributed by atoms with van der Waals surface area (Å²) >= 11 is 0. The van der Waals surface area contributed by atoms with E-state index in [1.165, 1.54) is 13.0 Å². The molecular weight excluding hydrogens is 464 g/mol. The van der Waals surface area contributed by atoms with Crippen LogP contribution in [-0.2, 0) is 28.1 Å². The Hall–Kier alpha value is -3.08. The van der Waals surface area contributed by atoms with Gasteiger partial charge in [0.2, 0.25) is 5.91 Å². The van der Waals surface area contributed by atoms with Gasteiger partial charge in [0.05, 0.1) is 28.7 Å². The van der Waals surface area contributed by atoms with E-state index in [0.717, 1.165) is 6.26 Å². The zero-order valence-corrected chi connectivity index (χ0v) is 20.4. The van der Waals surface area contributed by atoms with Crippen molar-refractivity contribution in [3.05, 3.63) is 41.5 Å². The Morgan fingerprint density at radius 3 is 2.62 bits per heavy atom. The van der Waals surface area contributed by atoms with Crippen molar-refractivity contribution < 1.29 is 22.0 Å². The lowest BCUT2D eigenvalue weighted by molar-refractivity contribution is -0.117. The summed E-state index contributed by atoms with van der Waals surface area (Å²) in [5, 5.41) is 1.82. The van der Waals surface area contributed by atoms with E-state index in [-0.39, 0.29) is 17.9 Å². The second-order valence-electron chi connectivity index (χ2n) is 8.79. The predicted molar refractivity (Wildman–Crippen MR) is 127 cm³/mol. The number of hydrogen-bond acceptors (Lipinski definition) is 6. The Bertz CT molecular complexity index is 1390. The first-order valence-corrected chi connectivity index (χ1v) is 12.9. The number of hydrogen-bond donors (Lipinski definition) is 1. The van der Waals surface area contributed by atoms with E-state index in [2.05, 4.69) is 15.3 Å². The van der Waals surface area contributed by atoms with Crippen LogP contribution in [0, 0.1) is 11.7 Å². The molecule has 2 aromatic heterocycles. The summed E-state index contributed by atoms with van der Waals surface area (Å²) in [6.07, 6.45) is 2.18. The van der Waals surface area contributed by atoms with Crippen LogP contribution in [0.4, 0.5) is 26.1 Å². The number of sulfone groups is 1. The van der Waals surface area contributed by atoms with Crippen molar-refractivity contribution in [3.63, 3.8) is 0 Å². The highest BCUT2D eigenvalue weighted by molar-refractivity contribution is 7.90. The van der Waals surface area contributed by atoms with Crippen molar-refractivity contribution in [1.82, 2.24) is 14.5 Å². The minimum absolute atomic E-state index is 0.171. The van der Waals surface area contributed by atoms with Gasteiger partial charge in [0.25, 0.3) is 0 Å². The molecular formula is C23H27F2N5O3S. The average molecular weight is 492 g/mol. The Labute approximate surface area is 196 Å². The van der Waals surface area contributed by atoms with E-state index < -0.39 is 38.9 Å². The third-order valence-corrected chi connectivity index (χ3v) is 7.88. The monoisotopic (exact) mass is 491 g/mol. The molecule has 1 amide bonds.